The Morgan fingerprint density at radius 2 is 2.06 bits per heavy atom. The number of halogens is 2. The van der Waals surface area contributed by atoms with Crippen LogP contribution in [0, 0.1) is 11.7 Å². The molecule has 0 radical (unpaired) electrons. The first kappa shape index (κ1) is 13.6. The number of rotatable bonds is 4. The Bertz CT molecular complexity index is 446. The second-order valence-electron chi connectivity index (χ2n) is 3.91. The molecule has 0 saturated heterocycles. The van der Waals surface area contributed by atoms with Gasteiger partial charge in [-0.3, -0.25) is 9.59 Å². The molecule has 5 heteroatoms. The van der Waals surface area contributed by atoms with Gasteiger partial charge < -0.3 is 5.32 Å². The van der Waals surface area contributed by atoms with Crippen LogP contribution in [0.4, 0.5) is 4.39 Å². The fraction of sp³-hybridized carbons (Fsp3) is 0.333. The van der Waals surface area contributed by atoms with E-state index in [1.54, 1.807) is 13.8 Å². The van der Waals surface area contributed by atoms with Crippen molar-refractivity contribution in [2.75, 3.05) is 6.54 Å². The third kappa shape index (κ3) is 3.53. The highest BCUT2D eigenvalue weighted by Gasteiger charge is 2.15. The maximum Gasteiger partial charge on any atom is 0.254 e. The van der Waals surface area contributed by atoms with Crippen LogP contribution >= 0.6 is 11.6 Å². The maximum absolute atomic E-state index is 13.5. The van der Waals surface area contributed by atoms with E-state index in [4.69, 9.17) is 11.6 Å². The average Bonchev–Trinajstić information content (AvgIpc) is 2.29. The van der Waals surface area contributed by atoms with E-state index in [1.807, 2.05) is 0 Å². The maximum atomic E-state index is 13.5. The smallest absolute Gasteiger partial charge is 0.254 e. The zero-order valence-corrected chi connectivity index (χ0v) is 10.3. The molecule has 0 atom stereocenters. The van der Waals surface area contributed by atoms with Crippen molar-refractivity contribution in [1.29, 1.82) is 0 Å². The van der Waals surface area contributed by atoms with Crippen molar-refractivity contribution in [1.82, 2.24) is 5.32 Å². The van der Waals surface area contributed by atoms with Crippen molar-refractivity contribution in [3.63, 3.8) is 0 Å². The van der Waals surface area contributed by atoms with Gasteiger partial charge in [-0.25, -0.2) is 4.39 Å². The molecule has 0 aliphatic heterocycles. The van der Waals surface area contributed by atoms with Crippen LogP contribution in [0.1, 0.15) is 24.2 Å². The summed E-state index contributed by atoms with van der Waals surface area (Å²) >= 11 is 5.55. The van der Waals surface area contributed by atoms with Crippen molar-refractivity contribution < 1.29 is 14.0 Å². The summed E-state index contributed by atoms with van der Waals surface area (Å²) in [6, 6.07) is 4.15. The fourth-order valence-electron chi connectivity index (χ4n) is 1.15. The van der Waals surface area contributed by atoms with E-state index in [0.29, 0.717) is 0 Å². The largest absolute Gasteiger partial charge is 0.345 e. The number of amides is 1. The summed E-state index contributed by atoms with van der Waals surface area (Å²) in [5.74, 6) is -1.69. The number of Topliss-reactive ketones (excluding diaryl/α,β-unsaturated/α-hetero) is 1. The normalized spacial score (nSPS) is 10.4. The third-order valence-electron chi connectivity index (χ3n) is 2.26. The number of carbonyl (C=O) groups excluding carboxylic acids is 2. The van der Waals surface area contributed by atoms with Crippen LogP contribution in [0.25, 0.3) is 0 Å². The lowest BCUT2D eigenvalue weighted by atomic mass is 10.1. The van der Waals surface area contributed by atoms with Gasteiger partial charge >= 0.3 is 0 Å². The Morgan fingerprint density at radius 1 is 1.41 bits per heavy atom. The van der Waals surface area contributed by atoms with Gasteiger partial charge in [-0.05, 0) is 12.1 Å². The van der Waals surface area contributed by atoms with E-state index >= 15 is 0 Å². The molecule has 1 amide bonds. The lowest BCUT2D eigenvalue weighted by Crippen LogP contribution is -2.32. The molecule has 0 aliphatic carbocycles. The van der Waals surface area contributed by atoms with E-state index in [-0.39, 0.29) is 28.8 Å². The molecule has 0 aliphatic rings. The molecular formula is C12H13ClFNO2. The summed E-state index contributed by atoms with van der Waals surface area (Å²) in [5, 5.41) is 2.24. The fourth-order valence-corrected chi connectivity index (χ4v) is 1.32. The molecule has 0 spiro atoms. The van der Waals surface area contributed by atoms with E-state index in [0.717, 1.165) is 0 Å². The number of hydrogen-bond donors (Lipinski definition) is 1. The Hall–Kier alpha value is -1.42. The number of hydrogen-bond acceptors (Lipinski definition) is 2. The van der Waals surface area contributed by atoms with Crippen molar-refractivity contribution in [2.24, 2.45) is 5.92 Å². The van der Waals surface area contributed by atoms with Gasteiger partial charge in [-0.2, -0.15) is 0 Å². The van der Waals surface area contributed by atoms with Gasteiger partial charge in [0.15, 0.2) is 11.6 Å². The van der Waals surface area contributed by atoms with Crippen molar-refractivity contribution >= 4 is 23.3 Å². The predicted molar refractivity (Wildman–Crippen MR) is 63.6 cm³/mol. The van der Waals surface area contributed by atoms with Gasteiger partial charge in [0.1, 0.15) is 0 Å². The number of ketones is 1. The molecule has 17 heavy (non-hydrogen) atoms. The van der Waals surface area contributed by atoms with Gasteiger partial charge in [-0.1, -0.05) is 31.5 Å². The predicted octanol–water partition coefficient (Wildman–Crippen LogP) is 2.43. The lowest BCUT2D eigenvalue weighted by Gasteiger charge is -2.07. The van der Waals surface area contributed by atoms with Crippen molar-refractivity contribution in [2.45, 2.75) is 13.8 Å². The number of carbonyl (C=O) groups is 2. The van der Waals surface area contributed by atoms with Crippen LogP contribution < -0.4 is 5.32 Å². The summed E-state index contributed by atoms with van der Waals surface area (Å²) < 4.78 is 13.5. The van der Waals surface area contributed by atoms with Crippen LogP contribution in [-0.2, 0) is 4.79 Å². The van der Waals surface area contributed by atoms with Crippen LogP contribution in [0.15, 0.2) is 18.2 Å². The Morgan fingerprint density at radius 3 is 2.65 bits per heavy atom. The highest BCUT2D eigenvalue weighted by Crippen LogP contribution is 2.17. The summed E-state index contributed by atoms with van der Waals surface area (Å²) in [4.78, 5) is 22.9. The number of benzene rings is 1. The average molecular weight is 258 g/mol. The van der Waals surface area contributed by atoms with E-state index in [2.05, 4.69) is 5.32 Å². The standard InChI is InChI=1S/C12H13ClFNO2/c1-7(2)10(16)6-15-12(17)8-4-3-5-9(13)11(8)14/h3-5,7H,6H2,1-2H3,(H,15,17). The van der Waals surface area contributed by atoms with Crippen molar-refractivity contribution in [3.05, 3.63) is 34.6 Å². The van der Waals surface area contributed by atoms with Gasteiger partial charge in [-0.15, -0.1) is 0 Å². The molecule has 1 N–H and O–H groups in total. The molecule has 92 valence electrons. The lowest BCUT2D eigenvalue weighted by molar-refractivity contribution is -0.120. The molecule has 0 bridgehead atoms. The highest BCUT2D eigenvalue weighted by molar-refractivity contribution is 6.31. The second kappa shape index (κ2) is 5.77. The number of nitrogens with one attached hydrogen (secondary N) is 1. The first-order chi connectivity index (χ1) is 7.93. The minimum atomic E-state index is -0.774. The molecule has 0 unspecified atom stereocenters. The molecular weight excluding hydrogens is 245 g/mol. The van der Waals surface area contributed by atoms with Gasteiger partial charge in [0.2, 0.25) is 0 Å². The van der Waals surface area contributed by atoms with Crippen LogP contribution in [0.5, 0.6) is 0 Å². The Labute approximate surface area is 104 Å². The minimum absolute atomic E-state index is 0.109. The molecule has 3 nitrogen and oxygen atoms in total. The van der Waals surface area contributed by atoms with E-state index in [9.17, 15) is 14.0 Å². The zero-order chi connectivity index (χ0) is 13.0. The monoisotopic (exact) mass is 257 g/mol. The van der Waals surface area contributed by atoms with Gasteiger partial charge in [0.05, 0.1) is 17.1 Å². The van der Waals surface area contributed by atoms with Crippen LogP contribution in [0.3, 0.4) is 0 Å². The third-order valence-corrected chi connectivity index (χ3v) is 2.56. The molecule has 0 saturated carbocycles. The molecule has 0 aromatic heterocycles. The minimum Gasteiger partial charge on any atom is -0.345 e. The Kier molecular flexibility index (Phi) is 4.63. The molecule has 0 heterocycles. The first-order valence-corrected chi connectivity index (χ1v) is 5.56. The summed E-state index contributed by atoms with van der Waals surface area (Å²) in [6.45, 7) is 3.35. The topological polar surface area (TPSA) is 46.2 Å². The van der Waals surface area contributed by atoms with Gasteiger partial charge in [0, 0.05) is 5.92 Å². The molecule has 0 fully saturated rings. The molecule has 1 rings (SSSR count). The van der Waals surface area contributed by atoms with Crippen LogP contribution in [0.2, 0.25) is 5.02 Å². The van der Waals surface area contributed by atoms with Gasteiger partial charge in [0.25, 0.3) is 5.91 Å². The summed E-state index contributed by atoms with van der Waals surface area (Å²) in [5.41, 5.74) is -0.158. The Balaban J connectivity index is 2.71. The molecule has 1 aromatic rings. The second-order valence-corrected chi connectivity index (χ2v) is 4.31. The molecule has 1 aromatic carbocycles. The van der Waals surface area contributed by atoms with Crippen molar-refractivity contribution in [3.8, 4) is 0 Å². The highest BCUT2D eigenvalue weighted by atomic mass is 35.5. The zero-order valence-electron chi connectivity index (χ0n) is 9.59. The first-order valence-electron chi connectivity index (χ1n) is 5.18. The van der Waals surface area contributed by atoms with Crippen LogP contribution in [-0.4, -0.2) is 18.2 Å². The van der Waals surface area contributed by atoms with E-state index < -0.39 is 11.7 Å². The quantitative estimate of drug-likeness (QED) is 0.901. The summed E-state index contributed by atoms with van der Waals surface area (Å²) in [6.07, 6.45) is 0. The SMILES string of the molecule is CC(C)C(=O)CNC(=O)c1cccc(Cl)c1F. The van der Waals surface area contributed by atoms with E-state index in [1.165, 1.54) is 18.2 Å². The summed E-state index contributed by atoms with van der Waals surface area (Å²) in [7, 11) is 0.